The van der Waals surface area contributed by atoms with Gasteiger partial charge in [0.25, 0.3) is 0 Å². The first kappa shape index (κ1) is 12.4. The summed E-state index contributed by atoms with van der Waals surface area (Å²) >= 11 is 4.43. The summed E-state index contributed by atoms with van der Waals surface area (Å²) in [6.07, 6.45) is 0.889. The Labute approximate surface area is 120 Å². The van der Waals surface area contributed by atoms with Crippen LogP contribution in [0.5, 0.6) is 0 Å². The van der Waals surface area contributed by atoms with Crippen LogP contribution in [-0.2, 0) is 0 Å². The minimum absolute atomic E-state index is 0.368. The zero-order chi connectivity index (χ0) is 11.7. The highest BCUT2D eigenvalue weighted by Gasteiger charge is 2.25. The van der Waals surface area contributed by atoms with Crippen molar-refractivity contribution in [2.45, 2.75) is 18.8 Å². The largest absolute Gasteiger partial charge is 0.465 e. The summed E-state index contributed by atoms with van der Waals surface area (Å²) in [5, 5.41) is 8.84. The molecule has 0 aliphatic carbocycles. The number of carbonyl (C=O) groups is 1. The molecule has 16 heavy (non-hydrogen) atoms. The molecule has 1 fully saturated rings. The number of H-pyrrole nitrogens is 1. The SMILES string of the molecule is O=C(O)N1CCC(c2nc(I)c(I)[nH]2)CC1. The van der Waals surface area contributed by atoms with Crippen molar-refractivity contribution in [1.82, 2.24) is 14.9 Å². The molecule has 1 aromatic rings. The molecule has 0 bridgehead atoms. The van der Waals surface area contributed by atoms with Crippen LogP contribution in [-0.4, -0.2) is 39.2 Å². The molecule has 2 heterocycles. The summed E-state index contributed by atoms with van der Waals surface area (Å²) in [6.45, 7) is 1.21. The van der Waals surface area contributed by atoms with Gasteiger partial charge in [-0.05, 0) is 58.0 Å². The molecule has 0 atom stereocenters. The van der Waals surface area contributed by atoms with Crippen molar-refractivity contribution in [3.8, 4) is 0 Å². The molecule has 0 spiro atoms. The third-order valence-electron chi connectivity index (χ3n) is 2.79. The molecule has 0 unspecified atom stereocenters. The van der Waals surface area contributed by atoms with Gasteiger partial charge in [0.2, 0.25) is 0 Å². The molecular weight excluding hydrogens is 436 g/mol. The summed E-state index contributed by atoms with van der Waals surface area (Å²) < 4.78 is 2.06. The predicted molar refractivity (Wildman–Crippen MR) is 75.6 cm³/mol. The molecule has 0 saturated carbocycles. The number of nitrogens with one attached hydrogen (secondary N) is 1. The summed E-state index contributed by atoms with van der Waals surface area (Å²) in [5.74, 6) is 1.37. The maximum Gasteiger partial charge on any atom is 0.407 e. The highest BCUT2D eigenvalue weighted by atomic mass is 127. The molecule has 0 aromatic carbocycles. The summed E-state index contributed by atoms with van der Waals surface area (Å²) in [5.41, 5.74) is 0. The topological polar surface area (TPSA) is 69.2 Å². The second kappa shape index (κ2) is 5.07. The lowest BCUT2D eigenvalue weighted by molar-refractivity contribution is 0.131. The van der Waals surface area contributed by atoms with Crippen LogP contribution in [0.2, 0.25) is 0 Å². The van der Waals surface area contributed by atoms with Crippen molar-refractivity contribution >= 4 is 51.3 Å². The van der Waals surface area contributed by atoms with Gasteiger partial charge in [0.1, 0.15) is 13.2 Å². The van der Waals surface area contributed by atoms with E-state index in [-0.39, 0.29) is 0 Å². The van der Waals surface area contributed by atoms with E-state index in [0.717, 1.165) is 26.1 Å². The Balaban J connectivity index is 2.01. The van der Waals surface area contributed by atoms with Gasteiger partial charge in [-0.25, -0.2) is 9.78 Å². The average Bonchev–Trinajstić information content (AvgIpc) is 2.59. The molecule has 1 aliphatic heterocycles. The van der Waals surface area contributed by atoms with Crippen molar-refractivity contribution in [3.05, 3.63) is 13.2 Å². The standard InChI is InChI=1S/C9H11I2N3O2/c10-6-7(11)13-8(12-6)5-1-3-14(4-2-5)9(15)16/h5H,1-4H2,(H,12,13)(H,15,16). The number of imidazole rings is 1. The van der Waals surface area contributed by atoms with Crippen molar-refractivity contribution in [2.24, 2.45) is 0 Å². The first-order valence-corrected chi connectivity index (χ1v) is 7.12. The van der Waals surface area contributed by atoms with Crippen LogP contribution in [0.1, 0.15) is 24.6 Å². The molecule has 5 nitrogen and oxygen atoms in total. The van der Waals surface area contributed by atoms with E-state index in [0.29, 0.717) is 19.0 Å². The number of aromatic amines is 1. The van der Waals surface area contributed by atoms with E-state index in [2.05, 4.69) is 55.1 Å². The Kier molecular flexibility index (Phi) is 3.93. The molecule has 2 rings (SSSR count). The Morgan fingerprint density at radius 2 is 2.06 bits per heavy atom. The number of nitrogens with zero attached hydrogens (tertiary/aromatic N) is 2. The lowest BCUT2D eigenvalue weighted by atomic mass is 9.96. The Bertz CT molecular complexity index is 380. The highest BCUT2D eigenvalue weighted by Crippen LogP contribution is 2.27. The van der Waals surface area contributed by atoms with Gasteiger partial charge in [0, 0.05) is 19.0 Å². The smallest absolute Gasteiger partial charge is 0.407 e. The summed E-state index contributed by atoms with van der Waals surface area (Å²) in [4.78, 5) is 19.9. The maximum atomic E-state index is 10.8. The Hall–Kier alpha value is -0.0600. The number of rotatable bonds is 1. The summed E-state index contributed by atoms with van der Waals surface area (Å²) in [7, 11) is 0. The van der Waals surface area contributed by atoms with Crippen LogP contribution in [0.4, 0.5) is 4.79 Å². The fraction of sp³-hybridized carbons (Fsp3) is 0.556. The van der Waals surface area contributed by atoms with E-state index in [1.807, 2.05) is 0 Å². The lowest BCUT2D eigenvalue weighted by Gasteiger charge is -2.28. The summed E-state index contributed by atoms with van der Waals surface area (Å²) in [6, 6.07) is 0. The quantitative estimate of drug-likeness (QED) is 0.651. The van der Waals surface area contributed by atoms with E-state index in [1.165, 1.54) is 4.90 Å². The molecule has 1 saturated heterocycles. The van der Waals surface area contributed by atoms with Crippen LogP contribution in [0.15, 0.2) is 0 Å². The fourth-order valence-electron chi connectivity index (χ4n) is 1.88. The zero-order valence-corrected chi connectivity index (χ0v) is 12.7. The molecular formula is C9H11I2N3O2. The number of amides is 1. The molecule has 2 N–H and O–H groups in total. The fourth-order valence-corrected chi connectivity index (χ4v) is 2.68. The second-order valence-corrected chi connectivity index (χ2v) is 5.87. The van der Waals surface area contributed by atoms with Crippen LogP contribution in [0, 0.1) is 7.40 Å². The van der Waals surface area contributed by atoms with Crippen molar-refractivity contribution < 1.29 is 9.90 Å². The number of aromatic nitrogens is 2. The molecule has 0 radical (unpaired) electrons. The van der Waals surface area contributed by atoms with Gasteiger partial charge in [-0.1, -0.05) is 0 Å². The number of piperidine rings is 1. The second-order valence-electron chi connectivity index (χ2n) is 3.77. The van der Waals surface area contributed by atoms with Crippen LogP contribution in [0.3, 0.4) is 0 Å². The van der Waals surface area contributed by atoms with E-state index in [9.17, 15) is 4.79 Å². The van der Waals surface area contributed by atoms with E-state index in [1.54, 1.807) is 0 Å². The van der Waals surface area contributed by atoms with Gasteiger partial charge in [-0.3, -0.25) is 0 Å². The van der Waals surface area contributed by atoms with Gasteiger partial charge < -0.3 is 15.0 Å². The normalized spacial score (nSPS) is 17.8. The van der Waals surface area contributed by atoms with Gasteiger partial charge in [0.15, 0.2) is 0 Å². The molecule has 1 aliphatic rings. The number of hydrogen-bond acceptors (Lipinski definition) is 2. The number of likely N-dealkylation sites (tertiary alicyclic amines) is 1. The van der Waals surface area contributed by atoms with Gasteiger partial charge in [-0.15, -0.1) is 0 Å². The lowest BCUT2D eigenvalue weighted by Crippen LogP contribution is -2.37. The molecule has 88 valence electrons. The van der Waals surface area contributed by atoms with Crippen LogP contribution >= 0.6 is 45.2 Å². The highest BCUT2D eigenvalue weighted by molar-refractivity contribution is 14.1. The maximum absolute atomic E-state index is 10.8. The van der Waals surface area contributed by atoms with Crippen molar-refractivity contribution in [1.29, 1.82) is 0 Å². The minimum atomic E-state index is -0.818. The van der Waals surface area contributed by atoms with E-state index in [4.69, 9.17) is 5.11 Å². The van der Waals surface area contributed by atoms with Crippen LogP contribution in [0.25, 0.3) is 0 Å². The molecule has 1 amide bonds. The Morgan fingerprint density at radius 3 is 2.50 bits per heavy atom. The van der Waals surface area contributed by atoms with Gasteiger partial charge >= 0.3 is 6.09 Å². The van der Waals surface area contributed by atoms with E-state index < -0.39 is 6.09 Å². The molecule has 7 heteroatoms. The Morgan fingerprint density at radius 1 is 1.44 bits per heavy atom. The number of hydrogen-bond donors (Lipinski definition) is 2. The third-order valence-corrected chi connectivity index (χ3v) is 5.38. The molecule has 1 aromatic heterocycles. The van der Waals surface area contributed by atoms with Gasteiger partial charge in [0.05, 0.1) is 0 Å². The van der Waals surface area contributed by atoms with Crippen LogP contribution < -0.4 is 0 Å². The predicted octanol–water partition coefficient (Wildman–Crippen LogP) is 2.48. The monoisotopic (exact) mass is 447 g/mol. The van der Waals surface area contributed by atoms with E-state index >= 15 is 0 Å². The average molecular weight is 447 g/mol. The number of carboxylic acid groups (broad SMARTS) is 1. The minimum Gasteiger partial charge on any atom is -0.465 e. The van der Waals surface area contributed by atoms with Crippen molar-refractivity contribution in [2.75, 3.05) is 13.1 Å². The first-order chi connectivity index (χ1) is 7.58. The van der Waals surface area contributed by atoms with Gasteiger partial charge in [-0.2, -0.15) is 0 Å². The third kappa shape index (κ3) is 2.60. The van der Waals surface area contributed by atoms with Crippen molar-refractivity contribution in [3.63, 3.8) is 0 Å². The first-order valence-electron chi connectivity index (χ1n) is 4.96. The number of halogens is 2. The zero-order valence-electron chi connectivity index (χ0n) is 8.41.